The normalized spacial score (nSPS) is 11.4. The number of nitrogens with zero attached hydrogens (tertiary/aromatic N) is 1. The largest absolute Gasteiger partial charge is 0.269 e. The van der Waals surface area contributed by atoms with E-state index >= 15 is 0 Å². The highest BCUT2D eigenvalue weighted by Gasteiger charge is 1.92. The van der Waals surface area contributed by atoms with Gasteiger partial charge in [-0.25, -0.2) is 0 Å². The van der Waals surface area contributed by atoms with Crippen LogP contribution in [0.2, 0.25) is 0 Å². The first-order valence-corrected chi connectivity index (χ1v) is 5.07. The summed E-state index contributed by atoms with van der Waals surface area (Å²) in [7, 11) is 0. The fraction of sp³-hybridized carbons (Fsp3) is 0.583. The second kappa shape index (κ2) is 7.78. The Morgan fingerprint density at radius 1 is 1.31 bits per heavy atom. The van der Waals surface area contributed by atoms with Gasteiger partial charge in [-0.1, -0.05) is 38.5 Å². The van der Waals surface area contributed by atoms with Gasteiger partial charge in [-0.05, 0) is 32.4 Å². The smallest absolute Gasteiger partial charge is 0.0356 e. The molecule has 0 saturated heterocycles. The predicted molar refractivity (Wildman–Crippen MR) is 61.2 cm³/mol. The predicted octanol–water partition coefficient (Wildman–Crippen LogP) is 4.12. The molecule has 0 radical (unpaired) electrons. The second-order valence-electron chi connectivity index (χ2n) is 3.25. The highest BCUT2D eigenvalue weighted by atomic mass is 14.7. The third kappa shape index (κ3) is 6.32. The van der Waals surface area contributed by atoms with Gasteiger partial charge in [-0.2, -0.15) is 0 Å². The lowest BCUT2D eigenvalue weighted by molar-refractivity contribution is 0.861. The molecule has 0 N–H and O–H groups in total. The molecule has 0 aliphatic carbocycles. The van der Waals surface area contributed by atoms with Crippen LogP contribution in [0.1, 0.15) is 46.0 Å². The zero-order valence-electron chi connectivity index (χ0n) is 8.97. The summed E-state index contributed by atoms with van der Waals surface area (Å²) in [4.78, 5) is 3.98. The molecule has 13 heavy (non-hydrogen) atoms. The van der Waals surface area contributed by atoms with Crippen LogP contribution in [0, 0.1) is 0 Å². The molecular formula is C12H21N. The molecule has 0 aliphatic heterocycles. The van der Waals surface area contributed by atoms with E-state index in [0.29, 0.717) is 0 Å². The van der Waals surface area contributed by atoms with Crippen LogP contribution in [-0.2, 0) is 0 Å². The molecular weight excluding hydrogens is 158 g/mol. The summed E-state index contributed by atoms with van der Waals surface area (Å²) in [5.41, 5.74) is 2.45. The molecule has 0 heterocycles. The number of rotatable bonds is 7. The Morgan fingerprint density at radius 2 is 2.00 bits per heavy atom. The van der Waals surface area contributed by atoms with Crippen molar-refractivity contribution in [3.05, 3.63) is 23.9 Å². The van der Waals surface area contributed by atoms with Crippen molar-refractivity contribution >= 4 is 6.72 Å². The quantitative estimate of drug-likeness (QED) is 0.412. The SMILES string of the molecule is C=N/C(=C\CCC(=C)CC)CCC. The van der Waals surface area contributed by atoms with Gasteiger partial charge in [0.05, 0.1) is 0 Å². The van der Waals surface area contributed by atoms with E-state index in [1.807, 2.05) is 0 Å². The summed E-state index contributed by atoms with van der Waals surface area (Å²) in [5.74, 6) is 0. The van der Waals surface area contributed by atoms with Gasteiger partial charge in [0.2, 0.25) is 0 Å². The van der Waals surface area contributed by atoms with E-state index in [0.717, 1.165) is 37.8 Å². The fourth-order valence-corrected chi connectivity index (χ4v) is 1.12. The van der Waals surface area contributed by atoms with Crippen LogP contribution in [-0.4, -0.2) is 6.72 Å². The summed E-state index contributed by atoms with van der Waals surface area (Å²) < 4.78 is 0. The summed E-state index contributed by atoms with van der Waals surface area (Å²) in [6, 6.07) is 0. The van der Waals surface area contributed by atoms with Crippen LogP contribution in [0.25, 0.3) is 0 Å². The van der Waals surface area contributed by atoms with Crippen LogP contribution in [0.4, 0.5) is 0 Å². The Morgan fingerprint density at radius 3 is 2.46 bits per heavy atom. The molecule has 1 heteroatoms. The molecule has 0 unspecified atom stereocenters. The number of hydrogen-bond donors (Lipinski definition) is 0. The summed E-state index contributed by atoms with van der Waals surface area (Å²) in [5, 5.41) is 0. The summed E-state index contributed by atoms with van der Waals surface area (Å²) in [6.45, 7) is 11.8. The van der Waals surface area contributed by atoms with Crippen molar-refractivity contribution in [2.24, 2.45) is 4.99 Å². The first-order valence-electron chi connectivity index (χ1n) is 5.07. The minimum Gasteiger partial charge on any atom is -0.269 e. The fourth-order valence-electron chi connectivity index (χ4n) is 1.12. The average molecular weight is 179 g/mol. The van der Waals surface area contributed by atoms with E-state index in [-0.39, 0.29) is 0 Å². The minimum absolute atomic E-state index is 1.04. The topological polar surface area (TPSA) is 12.4 Å². The van der Waals surface area contributed by atoms with Crippen LogP contribution in [0.5, 0.6) is 0 Å². The van der Waals surface area contributed by atoms with Crippen molar-refractivity contribution < 1.29 is 0 Å². The van der Waals surface area contributed by atoms with Crippen molar-refractivity contribution in [2.75, 3.05) is 0 Å². The Labute approximate surface area is 82.3 Å². The highest BCUT2D eigenvalue weighted by Crippen LogP contribution is 2.11. The van der Waals surface area contributed by atoms with Gasteiger partial charge < -0.3 is 0 Å². The number of hydrogen-bond acceptors (Lipinski definition) is 1. The molecule has 0 fully saturated rings. The zero-order valence-corrected chi connectivity index (χ0v) is 8.97. The second-order valence-corrected chi connectivity index (χ2v) is 3.25. The lowest BCUT2D eigenvalue weighted by Gasteiger charge is -2.00. The Hall–Kier alpha value is -0.850. The summed E-state index contributed by atoms with van der Waals surface area (Å²) in [6.07, 6.45) is 7.58. The van der Waals surface area contributed by atoms with Crippen molar-refractivity contribution in [2.45, 2.75) is 46.0 Å². The Kier molecular flexibility index (Phi) is 7.27. The highest BCUT2D eigenvalue weighted by molar-refractivity contribution is 5.28. The maximum Gasteiger partial charge on any atom is 0.0356 e. The van der Waals surface area contributed by atoms with E-state index in [2.05, 4.69) is 38.2 Å². The van der Waals surface area contributed by atoms with E-state index in [4.69, 9.17) is 0 Å². The molecule has 74 valence electrons. The van der Waals surface area contributed by atoms with E-state index in [1.54, 1.807) is 0 Å². The third-order valence-electron chi connectivity index (χ3n) is 2.09. The van der Waals surface area contributed by atoms with Crippen molar-refractivity contribution in [1.82, 2.24) is 0 Å². The van der Waals surface area contributed by atoms with Gasteiger partial charge >= 0.3 is 0 Å². The molecule has 0 aromatic rings. The molecule has 0 aliphatic rings. The minimum atomic E-state index is 1.04. The lowest BCUT2D eigenvalue weighted by atomic mass is 10.1. The van der Waals surface area contributed by atoms with Crippen LogP contribution < -0.4 is 0 Å². The van der Waals surface area contributed by atoms with Gasteiger partial charge in [0, 0.05) is 5.70 Å². The molecule has 0 rings (SSSR count). The zero-order chi connectivity index (χ0) is 10.1. The molecule has 0 aromatic heterocycles. The Bertz CT molecular complexity index is 189. The van der Waals surface area contributed by atoms with Crippen LogP contribution >= 0.6 is 0 Å². The first kappa shape index (κ1) is 12.2. The maximum atomic E-state index is 3.98. The van der Waals surface area contributed by atoms with Gasteiger partial charge in [0.25, 0.3) is 0 Å². The van der Waals surface area contributed by atoms with Crippen molar-refractivity contribution in [3.8, 4) is 0 Å². The van der Waals surface area contributed by atoms with Gasteiger partial charge in [0.15, 0.2) is 0 Å². The van der Waals surface area contributed by atoms with E-state index in [1.165, 1.54) is 5.57 Å². The van der Waals surface area contributed by atoms with Gasteiger partial charge in [0.1, 0.15) is 0 Å². The monoisotopic (exact) mass is 179 g/mol. The third-order valence-corrected chi connectivity index (χ3v) is 2.09. The molecule has 0 spiro atoms. The van der Waals surface area contributed by atoms with Gasteiger partial charge in [-0.3, -0.25) is 4.99 Å². The molecule has 0 atom stereocenters. The van der Waals surface area contributed by atoms with Crippen molar-refractivity contribution in [3.63, 3.8) is 0 Å². The standard InChI is InChI=1S/C12H21N/c1-5-8-12(13-4)10-7-9-11(3)6-2/h10H,3-9H2,1-2H3/b12-10-. The molecule has 0 amide bonds. The molecule has 1 nitrogen and oxygen atoms in total. The summed E-state index contributed by atoms with van der Waals surface area (Å²) >= 11 is 0. The average Bonchev–Trinajstić information content (AvgIpc) is 2.16. The molecule has 0 aromatic carbocycles. The van der Waals surface area contributed by atoms with Crippen LogP contribution in [0.3, 0.4) is 0 Å². The lowest BCUT2D eigenvalue weighted by Crippen LogP contribution is -1.81. The number of allylic oxidation sites excluding steroid dienone is 3. The number of aliphatic imine (C=N–C) groups is 1. The Balaban J connectivity index is 3.78. The van der Waals surface area contributed by atoms with E-state index in [9.17, 15) is 0 Å². The maximum absolute atomic E-state index is 3.98. The first-order chi connectivity index (χ1) is 6.24. The van der Waals surface area contributed by atoms with Crippen LogP contribution in [0.15, 0.2) is 28.9 Å². The van der Waals surface area contributed by atoms with E-state index < -0.39 is 0 Å². The van der Waals surface area contributed by atoms with Gasteiger partial charge in [-0.15, -0.1) is 0 Å². The molecule has 0 bridgehead atoms. The van der Waals surface area contributed by atoms with Crippen molar-refractivity contribution in [1.29, 1.82) is 0 Å². The molecule has 0 saturated carbocycles.